The average molecular weight is 288 g/mol. The van der Waals surface area contributed by atoms with E-state index in [2.05, 4.69) is 12.2 Å². The highest BCUT2D eigenvalue weighted by molar-refractivity contribution is 6.11. The van der Waals surface area contributed by atoms with E-state index in [9.17, 15) is 9.59 Å². The molecule has 4 heteroatoms. The SMILES string of the molecule is CCCCCN1C(=O)C(C(C)C)NC(=O)c2ccccc21. The second kappa shape index (κ2) is 6.74. The Labute approximate surface area is 126 Å². The largest absolute Gasteiger partial charge is 0.340 e. The molecule has 4 nitrogen and oxygen atoms in total. The number of nitrogens with one attached hydrogen (secondary N) is 1. The average Bonchev–Trinajstić information content (AvgIpc) is 2.57. The molecule has 1 unspecified atom stereocenters. The van der Waals surface area contributed by atoms with Crippen LogP contribution in [-0.2, 0) is 4.79 Å². The van der Waals surface area contributed by atoms with E-state index in [-0.39, 0.29) is 17.7 Å². The predicted molar refractivity (Wildman–Crippen MR) is 84.4 cm³/mol. The van der Waals surface area contributed by atoms with Gasteiger partial charge in [-0.05, 0) is 24.5 Å². The summed E-state index contributed by atoms with van der Waals surface area (Å²) in [5, 5.41) is 2.87. The van der Waals surface area contributed by atoms with Crippen molar-refractivity contribution in [3.05, 3.63) is 29.8 Å². The molecular weight excluding hydrogens is 264 g/mol. The van der Waals surface area contributed by atoms with Gasteiger partial charge in [-0.15, -0.1) is 0 Å². The number of anilines is 1. The van der Waals surface area contributed by atoms with Gasteiger partial charge in [-0.25, -0.2) is 0 Å². The molecule has 0 radical (unpaired) electrons. The van der Waals surface area contributed by atoms with Crippen LogP contribution in [0.4, 0.5) is 5.69 Å². The molecule has 0 spiro atoms. The van der Waals surface area contributed by atoms with Gasteiger partial charge in [0.05, 0.1) is 11.3 Å². The van der Waals surface area contributed by atoms with E-state index in [1.54, 1.807) is 11.0 Å². The Bertz CT molecular complexity index is 525. The van der Waals surface area contributed by atoms with Gasteiger partial charge in [-0.2, -0.15) is 0 Å². The molecule has 0 fully saturated rings. The number of fused-ring (bicyclic) bond motifs is 1. The quantitative estimate of drug-likeness (QED) is 0.847. The summed E-state index contributed by atoms with van der Waals surface area (Å²) in [6, 6.07) is 6.91. The Hall–Kier alpha value is -1.84. The maximum Gasteiger partial charge on any atom is 0.254 e. The van der Waals surface area contributed by atoms with E-state index < -0.39 is 6.04 Å². The summed E-state index contributed by atoms with van der Waals surface area (Å²) >= 11 is 0. The zero-order valence-electron chi connectivity index (χ0n) is 13.1. The molecule has 2 rings (SSSR count). The van der Waals surface area contributed by atoms with E-state index in [4.69, 9.17) is 0 Å². The Morgan fingerprint density at radius 3 is 2.57 bits per heavy atom. The normalized spacial score (nSPS) is 18.5. The summed E-state index contributed by atoms with van der Waals surface area (Å²) < 4.78 is 0. The van der Waals surface area contributed by atoms with Crippen LogP contribution in [-0.4, -0.2) is 24.4 Å². The molecule has 1 atom stereocenters. The van der Waals surface area contributed by atoms with Gasteiger partial charge in [0.15, 0.2) is 0 Å². The maximum absolute atomic E-state index is 12.8. The van der Waals surface area contributed by atoms with E-state index in [0.29, 0.717) is 12.1 Å². The fourth-order valence-corrected chi connectivity index (χ4v) is 2.67. The van der Waals surface area contributed by atoms with E-state index in [0.717, 1.165) is 24.9 Å². The number of carbonyl (C=O) groups is 2. The molecule has 21 heavy (non-hydrogen) atoms. The Balaban J connectivity index is 2.38. The van der Waals surface area contributed by atoms with Crippen LogP contribution in [0.15, 0.2) is 24.3 Å². The zero-order chi connectivity index (χ0) is 15.4. The first-order valence-corrected chi connectivity index (χ1v) is 7.77. The fourth-order valence-electron chi connectivity index (χ4n) is 2.67. The summed E-state index contributed by atoms with van der Waals surface area (Å²) in [6.07, 6.45) is 3.14. The van der Waals surface area contributed by atoms with Gasteiger partial charge in [0.25, 0.3) is 5.91 Å². The number of hydrogen-bond acceptors (Lipinski definition) is 2. The van der Waals surface area contributed by atoms with Crippen molar-refractivity contribution >= 4 is 17.5 Å². The standard InChI is InChI=1S/C17H24N2O2/c1-4-5-8-11-19-14-10-7-6-9-13(14)16(20)18-15(12(2)3)17(19)21/h6-7,9-10,12,15H,4-5,8,11H2,1-3H3,(H,18,20). The lowest BCUT2D eigenvalue weighted by Crippen LogP contribution is -2.49. The van der Waals surface area contributed by atoms with Crippen LogP contribution in [0.3, 0.4) is 0 Å². The number of rotatable bonds is 5. The molecule has 1 aliphatic rings. The molecule has 1 aromatic carbocycles. The minimum atomic E-state index is -0.452. The molecule has 1 heterocycles. The Morgan fingerprint density at radius 2 is 1.90 bits per heavy atom. The number of benzene rings is 1. The second-order valence-corrected chi connectivity index (χ2v) is 5.91. The summed E-state index contributed by atoms with van der Waals surface area (Å²) in [7, 11) is 0. The van der Waals surface area contributed by atoms with Crippen LogP contribution >= 0.6 is 0 Å². The lowest BCUT2D eigenvalue weighted by Gasteiger charge is -2.27. The smallest absolute Gasteiger partial charge is 0.254 e. The van der Waals surface area contributed by atoms with Crippen molar-refractivity contribution in [1.82, 2.24) is 5.32 Å². The van der Waals surface area contributed by atoms with E-state index in [1.807, 2.05) is 32.0 Å². The van der Waals surface area contributed by atoms with Crippen molar-refractivity contribution in [2.24, 2.45) is 5.92 Å². The first-order chi connectivity index (χ1) is 10.1. The van der Waals surface area contributed by atoms with E-state index >= 15 is 0 Å². The zero-order valence-corrected chi connectivity index (χ0v) is 13.1. The molecule has 2 amide bonds. The van der Waals surface area contributed by atoms with Crippen molar-refractivity contribution in [3.8, 4) is 0 Å². The van der Waals surface area contributed by atoms with Crippen LogP contribution in [0.25, 0.3) is 0 Å². The molecule has 0 saturated carbocycles. The monoisotopic (exact) mass is 288 g/mol. The molecule has 0 saturated heterocycles. The highest BCUT2D eigenvalue weighted by Crippen LogP contribution is 2.26. The van der Waals surface area contributed by atoms with Crippen LogP contribution in [0.2, 0.25) is 0 Å². The van der Waals surface area contributed by atoms with Gasteiger partial charge in [-0.1, -0.05) is 45.7 Å². The topological polar surface area (TPSA) is 49.4 Å². The van der Waals surface area contributed by atoms with Gasteiger partial charge in [0, 0.05) is 6.54 Å². The van der Waals surface area contributed by atoms with Crippen molar-refractivity contribution in [1.29, 1.82) is 0 Å². The number of unbranched alkanes of at least 4 members (excludes halogenated alkanes) is 2. The number of hydrogen-bond donors (Lipinski definition) is 1. The highest BCUT2D eigenvalue weighted by atomic mass is 16.2. The number of carbonyl (C=O) groups excluding carboxylic acids is 2. The van der Waals surface area contributed by atoms with Crippen LogP contribution < -0.4 is 10.2 Å². The Morgan fingerprint density at radius 1 is 1.19 bits per heavy atom. The number of nitrogens with zero attached hydrogens (tertiary/aromatic N) is 1. The fraction of sp³-hybridized carbons (Fsp3) is 0.529. The predicted octanol–water partition coefficient (Wildman–Crippen LogP) is 2.98. The highest BCUT2D eigenvalue weighted by Gasteiger charge is 2.34. The summed E-state index contributed by atoms with van der Waals surface area (Å²) in [5.41, 5.74) is 1.32. The molecule has 1 N–H and O–H groups in total. The molecule has 0 aromatic heterocycles. The van der Waals surface area contributed by atoms with Crippen molar-refractivity contribution < 1.29 is 9.59 Å². The van der Waals surface area contributed by atoms with Gasteiger partial charge in [0.1, 0.15) is 6.04 Å². The second-order valence-electron chi connectivity index (χ2n) is 5.91. The molecule has 0 aliphatic carbocycles. The van der Waals surface area contributed by atoms with Gasteiger partial charge in [-0.3, -0.25) is 9.59 Å². The van der Waals surface area contributed by atoms with Crippen LogP contribution in [0.5, 0.6) is 0 Å². The van der Waals surface area contributed by atoms with Gasteiger partial charge in [0.2, 0.25) is 5.91 Å². The van der Waals surface area contributed by atoms with Crippen LogP contribution in [0.1, 0.15) is 50.4 Å². The van der Waals surface area contributed by atoms with Crippen LogP contribution in [0, 0.1) is 5.92 Å². The lowest BCUT2D eigenvalue weighted by molar-refractivity contribution is -0.121. The van der Waals surface area contributed by atoms with Gasteiger partial charge >= 0.3 is 0 Å². The van der Waals surface area contributed by atoms with E-state index in [1.165, 1.54) is 0 Å². The number of para-hydroxylation sites is 1. The van der Waals surface area contributed by atoms with Crippen molar-refractivity contribution in [3.63, 3.8) is 0 Å². The van der Waals surface area contributed by atoms with Crippen molar-refractivity contribution in [2.45, 2.75) is 46.1 Å². The first kappa shape index (κ1) is 15.5. The minimum Gasteiger partial charge on any atom is -0.340 e. The molecule has 114 valence electrons. The summed E-state index contributed by atoms with van der Waals surface area (Å²) in [6.45, 7) is 6.73. The minimum absolute atomic E-state index is 0.000553. The first-order valence-electron chi connectivity index (χ1n) is 7.77. The molecule has 1 aromatic rings. The third-order valence-corrected chi connectivity index (χ3v) is 3.91. The van der Waals surface area contributed by atoms with Gasteiger partial charge < -0.3 is 10.2 Å². The third-order valence-electron chi connectivity index (χ3n) is 3.91. The molecular formula is C17H24N2O2. The summed E-state index contributed by atoms with van der Waals surface area (Å²) in [4.78, 5) is 26.9. The third kappa shape index (κ3) is 3.26. The lowest BCUT2D eigenvalue weighted by atomic mass is 10.0. The maximum atomic E-state index is 12.8. The molecule has 0 bridgehead atoms. The Kier molecular flexibility index (Phi) is 4.99. The van der Waals surface area contributed by atoms with Crippen molar-refractivity contribution in [2.75, 3.05) is 11.4 Å². The summed E-state index contributed by atoms with van der Waals surface area (Å²) in [5.74, 6) is -0.0838. The molecule has 1 aliphatic heterocycles. The number of amides is 2.